The molecule has 7 nitrogen and oxygen atoms in total. The summed E-state index contributed by atoms with van der Waals surface area (Å²) in [5.74, 6) is -1.15. The van der Waals surface area contributed by atoms with Crippen LogP contribution in [0.5, 0.6) is 0 Å². The number of hydrogen-bond donors (Lipinski definition) is 2. The number of rotatable bonds is 5. The van der Waals surface area contributed by atoms with Crippen LogP contribution < -0.4 is 4.72 Å². The van der Waals surface area contributed by atoms with E-state index in [4.69, 9.17) is 9.84 Å². The Labute approximate surface area is 117 Å². The summed E-state index contributed by atoms with van der Waals surface area (Å²) in [5.41, 5.74) is -0.0560. The van der Waals surface area contributed by atoms with E-state index in [9.17, 15) is 13.2 Å². The number of nitrogens with one attached hydrogen (secondary N) is 1. The molecular weight excluding hydrogens is 284 g/mol. The SMILES string of the molecule is O=C(O)c1ccc(S(=O)(=O)NCC2CCCCO2)nc1. The highest BCUT2D eigenvalue weighted by Crippen LogP contribution is 2.13. The van der Waals surface area contributed by atoms with Crippen molar-refractivity contribution >= 4 is 16.0 Å². The minimum Gasteiger partial charge on any atom is -0.478 e. The quantitative estimate of drug-likeness (QED) is 0.826. The molecule has 1 unspecified atom stereocenters. The molecule has 2 N–H and O–H groups in total. The minimum absolute atomic E-state index is 0.0560. The monoisotopic (exact) mass is 300 g/mol. The Hall–Kier alpha value is -1.51. The first kappa shape index (κ1) is 14.9. The van der Waals surface area contributed by atoms with Gasteiger partial charge in [0.05, 0.1) is 11.7 Å². The van der Waals surface area contributed by atoms with Gasteiger partial charge in [-0.3, -0.25) is 0 Å². The van der Waals surface area contributed by atoms with Crippen molar-refractivity contribution < 1.29 is 23.1 Å². The summed E-state index contributed by atoms with van der Waals surface area (Å²) in [6.07, 6.45) is 3.76. The highest BCUT2D eigenvalue weighted by Gasteiger charge is 2.20. The fourth-order valence-corrected chi connectivity index (χ4v) is 2.90. The van der Waals surface area contributed by atoms with Gasteiger partial charge in [-0.1, -0.05) is 0 Å². The molecule has 0 aliphatic carbocycles. The van der Waals surface area contributed by atoms with Crippen LogP contribution in [0.3, 0.4) is 0 Å². The van der Waals surface area contributed by atoms with Gasteiger partial charge in [0.1, 0.15) is 0 Å². The van der Waals surface area contributed by atoms with Crippen LogP contribution in [0.1, 0.15) is 29.6 Å². The molecule has 0 spiro atoms. The lowest BCUT2D eigenvalue weighted by molar-refractivity contribution is 0.0200. The molecule has 1 aromatic heterocycles. The maximum Gasteiger partial charge on any atom is 0.337 e. The molecular formula is C12H16N2O5S. The predicted molar refractivity (Wildman–Crippen MR) is 70.0 cm³/mol. The standard InChI is InChI=1S/C12H16N2O5S/c15-12(16)9-4-5-11(13-7-9)20(17,18)14-8-10-3-1-2-6-19-10/h4-5,7,10,14H,1-3,6,8H2,(H,15,16). The van der Waals surface area contributed by atoms with Crippen molar-refractivity contribution in [3.05, 3.63) is 23.9 Å². The Morgan fingerprint density at radius 3 is 2.80 bits per heavy atom. The van der Waals surface area contributed by atoms with E-state index in [1.54, 1.807) is 0 Å². The molecule has 8 heteroatoms. The molecule has 20 heavy (non-hydrogen) atoms. The number of ether oxygens (including phenoxy) is 1. The lowest BCUT2D eigenvalue weighted by Gasteiger charge is -2.22. The van der Waals surface area contributed by atoms with Gasteiger partial charge in [-0.05, 0) is 31.4 Å². The van der Waals surface area contributed by atoms with Gasteiger partial charge in [-0.25, -0.2) is 22.9 Å². The number of aromatic carboxylic acids is 1. The Kier molecular flexibility index (Phi) is 4.69. The summed E-state index contributed by atoms with van der Waals surface area (Å²) in [6.45, 7) is 0.850. The average Bonchev–Trinajstić information content (AvgIpc) is 2.46. The molecule has 110 valence electrons. The van der Waals surface area contributed by atoms with Crippen molar-refractivity contribution in [1.82, 2.24) is 9.71 Å². The Balaban J connectivity index is 2.00. The topological polar surface area (TPSA) is 106 Å². The van der Waals surface area contributed by atoms with Gasteiger partial charge < -0.3 is 9.84 Å². The zero-order valence-electron chi connectivity index (χ0n) is 10.8. The lowest BCUT2D eigenvalue weighted by Crippen LogP contribution is -2.35. The fourth-order valence-electron chi connectivity index (χ4n) is 1.91. The van der Waals surface area contributed by atoms with Crippen LogP contribution in [0.4, 0.5) is 0 Å². The van der Waals surface area contributed by atoms with Crippen molar-refractivity contribution in [2.75, 3.05) is 13.2 Å². The lowest BCUT2D eigenvalue weighted by atomic mass is 10.1. The van der Waals surface area contributed by atoms with E-state index in [2.05, 4.69) is 9.71 Å². The number of nitrogens with zero attached hydrogens (tertiary/aromatic N) is 1. The van der Waals surface area contributed by atoms with Gasteiger partial charge in [0, 0.05) is 19.3 Å². The average molecular weight is 300 g/mol. The third-order valence-electron chi connectivity index (χ3n) is 3.03. The zero-order valence-corrected chi connectivity index (χ0v) is 11.6. The van der Waals surface area contributed by atoms with E-state index in [-0.39, 0.29) is 23.2 Å². The van der Waals surface area contributed by atoms with E-state index < -0.39 is 16.0 Å². The smallest absolute Gasteiger partial charge is 0.337 e. The first-order chi connectivity index (χ1) is 9.49. The van der Waals surface area contributed by atoms with Gasteiger partial charge >= 0.3 is 5.97 Å². The van der Waals surface area contributed by atoms with Crippen LogP contribution in [0.25, 0.3) is 0 Å². The number of carboxylic acid groups (broad SMARTS) is 1. The number of carboxylic acids is 1. The number of pyridine rings is 1. The molecule has 1 aromatic rings. The molecule has 0 radical (unpaired) electrons. The predicted octanol–water partition coefficient (Wildman–Crippen LogP) is 0.627. The van der Waals surface area contributed by atoms with Gasteiger partial charge in [-0.15, -0.1) is 0 Å². The third-order valence-corrected chi connectivity index (χ3v) is 4.37. The van der Waals surface area contributed by atoms with E-state index >= 15 is 0 Å². The number of sulfonamides is 1. The molecule has 1 atom stereocenters. The van der Waals surface area contributed by atoms with E-state index in [1.165, 1.54) is 12.1 Å². The number of carbonyl (C=O) groups is 1. The van der Waals surface area contributed by atoms with Crippen LogP contribution in [0, 0.1) is 0 Å². The Morgan fingerprint density at radius 2 is 2.25 bits per heavy atom. The van der Waals surface area contributed by atoms with Gasteiger partial charge in [0.2, 0.25) is 0 Å². The fraction of sp³-hybridized carbons (Fsp3) is 0.500. The molecule has 2 heterocycles. The second-order valence-corrected chi connectivity index (χ2v) is 6.24. The first-order valence-corrected chi connectivity index (χ1v) is 7.78. The maximum atomic E-state index is 12.0. The molecule has 0 bridgehead atoms. The van der Waals surface area contributed by atoms with Crippen LogP contribution in [-0.4, -0.2) is 43.7 Å². The number of hydrogen-bond acceptors (Lipinski definition) is 5. The summed E-state index contributed by atoms with van der Waals surface area (Å²) >= 11 is 0. The van der Waals surface area contributed by atoms with Gasteiger partial charge in [-0.2, -0.15) is 0 Å². The summed E-state index contributed by atoms with van der Waals surface area (Å²) < 4.78 is 31.8. The molecule has 0 saturated carbocycles. The second kappa shape index (κ2) is 6.29. The molecule has 1 aliphatic heterocycles. The molecule has 2 rings (SSSR count). The van der Waals surface area contributed by atoms with Crippen molar-refractivity contribution in [3.63, 3.8) is 0 Å². The summed E-state index contributed by atoms with van der Waals surface area (Å²) in [5, 5.41) is 8.53. The van der Waals surface area contributed by atoms with Crippen LogP contribution in [0.15, 0.2) is 23.4 Å². The van der Waals surface area contributed by atoms with Crippen LogP contribution >= 0.6 is 0 Å². The normalized spacial score (nSPS) is 19.7. The van der Waals surface area contributed by atoms with Crippen LogP contribution in [-0.2, 0) is 14.8 Å². The Morgan fingerprint density at radius 1 is 1.45 bits per heavy atom. The number of aromatic nitrogens is 1. The molecule has 0 aromatic carbocycles. The summed E-state index contributed by atoms with van der Waals surface area (Å²) in [4.78, 5) is 14.3. The van der Waals surface area contributed by atoms with E-state index in [0.29, 0.717) is 6.61 Å². The van der Waals surface area contributed by atoms with E-state index in [0.717, 1.165) is 25.5 Å². The summed E-state index contributed by atoms with van der Waals surface area (Å²) in [6, 6.07) is 2.38. The first-order valence-electron chi connectivity index (χ1n) is 6.29. The molecule has 0 amide bonds. The summed E-state index contributed by atoms with van der Waals surface area (Å²) in [7, 11) is -3.74. The second-order valence-electron chi connectivity index (χ2n) is 4.53. The van der Waals surface area contributed by atoms with Crippen molar-refractivity contribution in [3.8, 4) is 0 Å². The zero-order chi connectivity index (χ0) is 14.6. The third kappa shape index (κ3) is 3.75. The van der Waals surface area contributed by atoms with Gasteiger partial charge in [0.15, 0.2) is 5.03 Å². The molecule has 1 aliphatic rings. The van der Waals surface area contributed by atoms with E-state index in [1.807, 2.05) is 0 Å². The highest BCUT2D eigenvalue weighted by molar-refractivity contribution is 7.89. The molecule has 1 fully saturated rings. The maximum absolute atomic E-state index is 12.0. The highest BCUT2D eigenvalue weighted by atomic mass is 32.2. The van der Waals surface area contributed by atoms with Gasteiger partial charge in [0.25, 0.3) is 10.0 Å². The van der Waals surface area contributed by atoms with Crippen molar-refractivity contribution in [1.29, 1.82) is 0 Å². The van der Waals surface area contributed by atoms with Crippen molar-refractivity contribution in [2.45, 2.75) is 30.4 Å². The van der Waals surface area contributed by atoms with Crippen LogP contribution in [0.2, 0.25) is 0 Å². The minimum atomic E-state index is -3.74. The Bertz CT molecular complexity index is 564. The largest absolute Gasteiger partial charge is 0.478 e. The van der Waals surface area contributed by atoms with Crippen molar-refractivity contribution in [2.24, 2.45) is 0 Å². The molecule has 1 saturated heterocycles.